The van der Waals surface area contributed by atoms with Gasteiger partial charge < -0.3 is 14.6 Å². The van der Waals surface area contributed by atoms with Gasteiger partial charge in [0.25, 0.3) is 0 Å². The fourth-order valence-electron chi connectivity index (χ4n) is 2.12. The third-order valence-corrected chi connectivity index (χ3v) is 3.30. The van der Waals surface area contributed by atoms with Crippen molar-refractivity contribution < 1.29 is 24.2 Å². The Morgan fingerprint density at radius 1 is 1.00 bits per heavy atom. The number of ketones is 1. The summed E-state index contributed by atoms with van der Waals surface area (Å²) >= 11 is 0. The molecule has 2 aromatic carbocycles. The third-order valence-electron chi connectivity index (χ3n) is 3.30. The molecule has 5 heteroatoms. The lowest BCUT2D eigenvalue weighted by atomic mass is 10.0. The number of benzene rings is 2. The zero-order chi connectivity index (χ0) is 17.4. The molecule has 0 radical (unpaired) electrons. The van der Waals surface area contributed by atoms with Gasteiger partial charge in [-0.05, 0) is 31.2 Å². The first kappa shape index (κ1) is 17.7. The minimum absolute atomic E-state index is 0.0230. The quantitative estimate of drug-likeness (QED) is 0.596. The van der Waals surface area contributed by atoms with Crippen LogP contribution in [0.2, 0.25) is 0 Å². The molecule has 0 unspecified atom stereocenters. The lowest BCUT2D eigenvalue weighted by Gasteiger charge is -2.12. The summed E-state index contributed by atoms with van der Waals surface area (Å²) in [6.45, 7) is 1.97. The van der Waals surface area contributed by atoms with Gasteiger partial charge in [-0.1, -0.05) is 30.3 Å². The molecule has 24 heavy (non-hydrogen) atoms. The van der Waals surface area contributed by atoms with E-state index in [1.165, 1.54) is 0 Å². The molecule has 0 aliphatic rings. The molecule has 0 aromatic heterocycles. The number of rotatable bonds is 8. The Balaban J connectivity index is 1.88. The summed E-state index contributed by atoms with van der Waals surface area (Å²) in [4.78, 5) is 23.5. The monoisotopic (exact) mass is 328 g/mol. The first-order chi connectivity index (χ1) is 11.6. The van der Waals surface area contributed by atoms with E-state index in [1.807, 2.05) is 18.2 Å². The van der Waals surface area contributed by atoms with E-state index in [9.17, 15) is 14.7 Å². The Labute approximate surface area is 140 Å². The number of aliphatic hydroxyl groups excluding tert-OH is 1. The van der Waals surface area contributed by atoms with Crippen LogP contribution in [-0.4, -0.2) is 36.2 Å². The van der Waals surface area contributed by atoms with E-state index in [2.05, 4.69) is 0 Å². The van der Waals surface area contributed by atoms with Gasteiger partial charge in [-0.15, -0.1) is 0 Å². The Morgan fingerprint density at radius 3 is 2.25 bits per heavy atom. The summed E-state index contributed by atoms with van der Waals surface area (Å²) in [5.74, 6) is -0.00979. The minimum Gasteiger partial charge on any atom is -0.491 e. The molecule has 0 saturated carbocycles. The Morgan fingerprint density at radius 2 is 1.62 bits per heavy atom. The largest absolute Gasteiger partial charge is 0.491 e. The van der Waals surface area contributed by atoms with Crippen molar-refractivity contribution in [1.82, 2.24) is 0 Å². The molecule has 0 aliphatic carbocycles. The van der Waals surface area contributed by atoms with Gasteiger partial charge in [0.2, 0.25) is 0 Å². The van der Waals surface area contributed by atoms with Crippen molar-refractivity contribution in [2.24, 2.45) is 0 Å². The van der Waals surface area contributed by atoms with Gasteiger partial charge in [-0.25, -0.2) is 0 Å². The smallest absolute Gasteiger partial charge is 0.308 e. The van der Waals surface area contributed by atoms with Crippen LogP contribution in [0.5, 0.6) is 5.75 Å². The van der Waals surface area contributed by atoms with Gasteiger partial charge >= 0.3 is 5.97 Å². The predicted octanol–water partition coefficient (Wildman–Crippen LogP) is 2.61. The van der Waals surface area contributed by atoms with Crippen LogP contribution in [0.1, 0.15) is 29.3 Å². The molecule has 5 nitrogen and oxygen atoms in total. The molecule has 0 amide bonds. The second-order valence-corrected chi connectivity index (χ2v) is 5.19. The standard InChI is InChI=1S/C19H20O5/c1-2-23-18(21)12-16(20)13-24-17-10-8-15(9-11-17)19(22)14-6-4-3-5-7-14/h3-11,16,20H,2,12-13H2,1H3/t16-/m1/s1. The number of hydrogen-bond acceptors (Lipinski definition) is 5. The molecule has 2 rings (SSSR count). The van der Waals surface area contributed by atoms with Crippen LogP contribution in [-0.2, 0) is 9.53 Å². The van der Waals surface area contributed by atoms with E-state index in [-0.39, 0.29) is 25.4 Å². The predicted molar refractivity (Wildman–Crippen MR) is 89.1 cm³/mol. The van der Waals surface area contributed by atoms with Crippen molar-refractivity contribution in [2.45, 2.75) is 19.4 Å². The Kier molecular flexibility index (Phi) is 6.51. The average molecular weight is 328 g/mol. The van der Waals surface area contributed by atoms with Crippen molar-refractivity contribution in [1.29, 1.82) is 0 Å². The number of ether oxygens (including phenoxy) is 2. The van der Waals surface area contributed by atoms with Crippen LogP contribution in [0.15, 0.2) is 54.6 Å². The molecule has 0 spiro atoms. The van der Waals surface area contributed by atoms with Crippen LogP contribution in [0, 0.1) is 0 Å². The Hall–Kier alpha value is -2.66. The van der Waals surface area contributed by atoms with Crippen LogP contribution < -0.4 is 4.74 Å². The third kappa shape index (κ3) is 5.21. The van der Waals surface area contributed by atoms with E-state index in [0.717, 1.165) is 0 Å². The zero-order valence-electron chi connectivity index (χ0n) is 13.5. The number of esters is 1. The summed E-state index contributed by atoms with van der Waals surface area (Å²) in [5.41, 5.74) is 1.18. The maximum absolute atomic E-state index is 12.3. The molecule has 0 heterocycles. The highest BCUT2D eigenvalue weighted by Gasteiger charge is 2.13. The van der Waals surface area contributed by atoms with Crippen molar-refractivity contribution >= 4 is 11.8 Å². The van der Waals surface area contributed by atoms with Crippen LogP contribution in [0.25, 0.3) is 0 Å². The van der Waals surface area contributed by atoms with Crippen molar-refractivity contribution in [3.05, 3.63) is 65.7 Å². The molecule has 1 N–H and O–H groups in total. The highest BCUT2D eigenvalue weighted by Crippen LogP contribution is 2.16. The van der Waals surface area contributed by atoms with Gasteiger partial charge in [-0.2, -0.15) is 0 Å². The summed E-state index contributed by atoms with van der Waals surface area (Å²) < 4.78 is 10.2. The van der Waals surface area contributed by atoms with Gasteiger partial charge in [0, 0.05) is 11.1 Å². The maximum atomic E-state index is 12.3. The van der Waals surface area contributed by atoms with Gasteiger partial charge in [-0.3, -0.25) is 9.59 Å². The van der Waals surface area contributed by atoms with Crippen molar-refractivity contribution in [2.75, 3.05) is 13.2 Å². The SMILES string of the molecule is CCOC(=O)C[C@@H](O)COc1ccc(C(=O)c2ccccc2)cc1. The summed E-state index contributed by atoms with van der Waals surface area (Å²) in [5, 5.41) is 9.72. The highest BCUT2D eigenvalue weighted by atomic mass is 16.5. The lowest BCUT2D eigenvalue weighted by Crippen LogP contribution is -2.22. The second-order valence-electron chi connectivity index (χ2n) is 5.19. The van der Waals surface area contributed by atoms with E-state index < -0.39 is 12.1 Å². The maximum Gasteiger partial charge on any atom is 0.308 e. The van der Waals surface area contributed by atoms with Gasteiger partial charge in [0.05, 0.1) is 19.1 Å². The molecular formula is C19H20O5. The fourth-order valence-corrected chi connectivity index (χ4v) is 2.12. The highest BCUT2D eigenvalue weighted by molar-refractivity contribution is 6.08. The molecule has 0 bridgehead atoms. The van der Waals surface area contributed by atoms with Gasteiger partial charge in [0.15, 0.2) is 5.78 Å². The molecule has 0 fully saturated rings. The lowest BCUT2D eigenvalue weighted by molar-refractivity contribution is -0.145. The number of carbonyl (C=O) groups is 2. The van der Waals surface area contributed by atoms with Crippen LogP contribution in [0.4, 0.5) is 0 Å². The molecular weight excluding hydrogens is 308 g/mol. The number of hydrogen-bond donors (Lipinski definition) is 1. The van der Waals surface area contributed by atoms with E-state index in [0.29, 0.717) is 16.9 Å². The first-order valence-electron chi connectivity index (χ1n) is 7.76. The fraction of sp³-hybridized carbons (Fsp3) is 0.263. The van der Waals surface area contributed by atoms with E-state index in [4.69, 9.17) is 9.47 Å². The molecule has 0 aliphatic heterocycles. The summed E-state index contributed by atoms with van der Waals surface area (Å²) in [6, 6.07) is 15.7. The second kappa shape index (κ2) is 8.84. The van der Waals surface area contributed by atoms with Crippen molar-refractivity contribution in [3.63, 3.8) is 0 Å². The number of carbonyl (C=O) groups excluding carboxylic acids is 2. The van der Waals surface area contributed by atoms with Gasteiger partial charge in [0.1, 0.15) is 12.4 Å². The number of aliphatic hydroxyl groups is 1. The molecule has 0 saturated heterocycles. The molecule has 126 valence electrons. The minimum atomic E-state index is -0.935. The normalized spacial score (nSPS) is 11.6. The van der Waals surface area contributed by atoms with E-state index in [1.54, 1.807) is 43.3 Å². The summed E-state index contributed by atoms with van der Waals surface area (Å²) in [6.07, 6.45) is -1.05. The zero-order valence-corrected chi connectivity index (χ0v) is 13.5. The van der Waals surface area contributed by atoms with Crippen LogP contribution >= 0.6 is 0 Å². The molecule has 1 atom stereocenters. The Bertz CT molecular complexity index is 664. The average Bonchev–Trinajstić information content (AvgIpc) is 2.61. The van der Waals surface area contributed by atoms with Crippen LogP contribution in [0.3, 0.4) is 0 Å². The molecule has 2 aromatic rings. The van der Waals surface area contributed by atoms with E-state index >= 15 is 0 Å². The first-order valence-corrected chi connectivity index (χ1v) is 7.76. The topological polar surface area (TPSA) is 72.8 Å². The van der Waals surface area contributed by atoms with Crippen molar-refractivity contribution in [3.8, 4) is 5.75 Å². The summed E-state index contributed by atoms with van der Waals surface area (Å²) in [7, 11) is 0.